The molecule has 1 aromatic heterocycles. The van der Waals surface area contributed by atoms with Crippen LogP contribution in [0, 0.1) is 0 Å². The summed E-state index contributed by atoms with van der Waals surface area (Å²) in [6, 6.07) is 12.1. The molecule has 3 aromatic rings. The molecule has 0 atom stereocenters. The summed E-state index contributed by atoms with van der Waals surface area (Å²) in [6.07, 6.45) is 0.393. The highest BCUT2D eigenvalue weighted by Crippen LogP contribution is 2.30. The van der Waals surface area contributed by atoms with Crippen molar-refractivity contribution in [3.63, 3.8) is 0 Å². The van der Waals surface area contributed by atoms with E-state index in [1.165, 1.54) is 36.6 Å². The normalized spacial score (nSPS) is 11.5. The zero-order valence-electron chi connectivity index (χ0n) is 16.4. The summed E-state index contributed by atoms with van der Waals surface area (Å²) >= 11 is 1.20. The first kappa shape index (κ1) is 22.2. The minimum absolute atomic E-state index is 0.168. The van der Waals surface area contributed by atoms with Gasteiger partial charge in [0.05, 0.1) is 5.56 Å². The fourth-order valence-corrected chi connectivity index (χ4v) is 3.56. The highest BCUT2D eigenvalue weighted by Gasteiger charge is 2.30. The number of anilines is 2. The summed E-state index contributed by atoms with van der Waals surface area (Å²) < 4.78 is 38.5. The van der Waals surface area contributed by atoms with Gasteiger partial charge in [0.1, 0.15) is 0 Å². The van der Waals surface area contributed by atoms with E-state index < -0.39 is 11.7 Å². The molecular formula is C22H18F3N3O2S. The molecule has 0 radical (unpaired) electrons. The number of rotatable bonds is 6. The molecule has 2 N–H and O–H groups in total. The number of nitrogens with one attached hydrogen (secondary N) is 2. The second-order valence-electron chi connectivity index (χ2n) is 6.63. The van der Waals surface area contributed by atoms with Gasteiger partial charge in [0.2, 0.25) is 11.8 Å². The number of hydrogen-bond acceptors (Lipinski definition) is 4. The Labute approximate surface area is 180 Å². The molecule has 0 aliphatic carbocycles. The maximum Gasteiger partial charge on any atom is 0.416 e. The van der Waals surface area contributed by atoms with Crippen LogP contribution in [0.25, 0.3) is 6.08 Å². The van der Waals surface area contributed by atoms with E-state index in [9.17, 15) is 22.8 Å². The Morgan fingerprint density at radius 1 is 1.10 bits per heavy atom. The summed E-state index contributed by atoms with van der Waals surface area (Å²) in [6.45, 7) is 1.42. The van der Waals surface area contributed by atoms with E-state index in [2.05, 4.69) is 15.6 Å². The summed E-state index contributed by atoms with van der Waals surface area (Å²) in [5.41, 5.74) is 1.25. The second-order valence-corrected chi connectivity index (χ2v) is 7.75. The van der Waals surface area contributed by atoms with Gasteiger partial charge in [0, 0.05) is 36.2 Å². The van der Waals surface area contributed by atoms with Gasteiger partial charge in [-0.2, -0.15) is 13.2 Å². The Hall–Kier alpha value is -3.46. The number of halogens is 3. The zero-order valence-corrected chi connectivity index (χ0v) is 17.2. The average molecular weight is 445 g/mol. The molecule has 0 saturated carbocycles. The minimum atomic E-state index is -4.39. The minimum Gasteiger partial charge on any atom is -0.326 e. The SMILES string of the molecule is CC(=O)Nc1ccc(/C=C/C(=O)Nc2ncc(Cc3cccc(C(F)(F)F)c3)s2)cc1. The third-order valence-electron chi connectivity index (χ3n) is 4.07. The van der Waals surface area contributed by atoms with E-state index in [1.54, 1.807) is 36.4 Å². The lowest BCUT2D eigenvalue weighted by Gasteiger charge is -2.07. The van der Waals surface area contributed by atoms with Crippen LogP contribution in [0.15, 0.2) is 60.8 Å². The molecule has 0 spiro atoms. The largest absolute Gasteiger partial charge is 0.416 e. The number of nitrogens with zero attached hydrogens (tertiary/aromatic N) is 1. The molecule has 0 aliphatic heterocycles. The number of hydrogen-bond donors (Lipinski definition) is 2. The molecule has 1 heterocycles. The molecule has 160 valence electrons. The Morgan fingerprint density at radius 3 is 2.52 bits per heavy atom. The van der Waals surface area contributed by atoms with E-state index in [-0.39, 0.29) is 18.2 Å². The van der Waals surface area contributed by atoms with Gasteiger partial charge in [-0.25, -0.2) is 4.98 Å². The van der Waals surface area contributed by atoms with Gasteiger partial charge in [0.25, 0.3) is 0 Å². The topological polar surface area (TPSA) is 71.1 Å². The van der Waals surface area contributed by atoms with E-state index in [0.29, 0.717) is 16.4 Å². The number of thiazole rings is 1. The van der Waals surface area contributed by atoms with Crippen LogP contribution in [0.3, 0.4) is 0 Å². The van der Waals surface area contributed by atoms with Crippen LogP contribution in [0.5, 0.6) is 0 Å². The van der Waals surface area contributed by atoms with Crippen LogP contribution >= 0.6 is 11.3 Å². The Balaban J connectivity index is 1.57. The first-order chi connectivity index (χ1) is 14.7. The molecule has 0 unspecified atom stereocenters. The number of alkyl halides is 3. The summed E-state index contributed by atoms with van der Waals surface area (Å²) in [5, 5.41) is 5.65. The standard InChI is InChI=1S/C22H18F3N3O2S/c1-14(29)27-18-8-5-15(6-9-18)7-10-20(30)28-21-26-13-19(31-21)12-16-3-2-4-17(11-16)22(23,24)25/h2-11,13H,12H2,1H3,(H,27,29)(H,26,28,30)/b10-7+. The molecule has 0 fully saturated rings. The first-order valence-corrected chi connectivity index (χ1v) is 9.98. The van der Waals surface area contributed by atoms with Crippen molar-refractivity contribution in [1.82, 2.24) is 4.98 Å². The summed E-state index contributed by atoms with van der Waals surface area (Å²) in [7, 11) is 0. The van der Waals surface area contributed by atoms with E-state index >= 15 is 0 Å². The van der Waals surface area contributed by atoms with Crippen molar-refractivity contribution in [2.45, 2.75) is 19.5 Å². The van der Waals surface area contributed by atoms with E-state index in [0.717, 1.165) is 22.6 Å². The molecular weight excluding hydrogens is 427 g/mol. The van der Waals surface area contributed by atoms with Crippen molar-refractivity contribution in [1.29, 1.82) is 0 Å². The van der Waals surface area contributed by atoms with Gasteiger partial charge in [-0.15, -0.1) is 11.3 Å². The van der Waals surface area contributed by atoms with Crippen molar-refractivity contribution in [2.75, 3.05) is 10.6 Å². The molecule has 2 amide bonds. The fourth-order valence-electron chi connectivity index (χ4n) is 2.71. The van der Waals surface area contributed by atoms with Gasteiger partial charge in [-0.3, -0.25) is 14.9 Å². The van der Waals surface area contributed by atoms with Crippen LogP contribution < -0.4 is 10.6 Å². The molecule has 0 saturated heterocycles. The average Bonchev–Trinajstić information content (AvgIpc) is 3.13. The van der Waals surface area contributed by atoms with Gasteiger partial charge in [-0.05, 0) is 35.4 Å². The van der Waals surface area contributed by atoms with Crippen molar-refractivity contribution in [3.8, 4) is 0 Å². The monoisotopic (exact) mass is 445 g/mol. The Kier molecular flexibility index (Phi) is 6.86. The number of aromatic nitrogens is 1. The Bertz CT molecular complexity index is 1110. The van der Waals surface area contributed by atoms with Gasteiger partial charge in [-0.1, -0.05) is 30.3 Å². The predicted octanol–water partition coefficient (Wildman–Crippen LogP) is 5.36. The molecule has 0 aliphatic rings. The molecule has 5 nitrogen and oxygen atoms in total. The van der Waals surface area contributed by atoms with Crippen LogP contribution in [0.4, 0.5) is 24.0 Å². The third-order valence-corrected chi connectivity index (χ3v) is 4.99. The second kappa shape index (κ2) is 9.57. The molecule has 0 bridgehead atoms. The lowest BCUT2D eigenvalue weighted by atomic mass is 10.1. The number of amides is 2. The number of carbonyl (C=O) groups excluding carboxylic acids is 2. The summed E-state index contributed by atoms with van der Waals surface area (Å²) in [5.74, 6) is -0.551. The van der Waals surface area contributed by atoms with Gasteiger partial charge in [0.15, 0.2) is 5.13 Å². The van der Waals surface area contributed by atoms with Crippen LogP contribution in [-0.4, -0.2) is 16.8 Å². The number of benzene rings is 2. The predicted molar refractivity (Wildman–Crippen MR) is 115 cm³/mol. The quantitative estimate of drug-likeness (QED) is 0.502. The van der Waals surface area contributed by atoms with Crippen molar-refractivity contribution in [3.05, 3.63) is 82.4 Å². The zero-order chi connectivity index (χ0) is 22.4. The van der Waals surface area contributed by atoms with Crippen molar-refractivity contribution in [2.24, 2.45) is 0 Å². The first-order valence-electron chi connectivity index (χ1n) is 9.16. The van der Waals surface area contributed by atoms with Gasteiger partial charge >= 0.3 is 6.18 Å². The molecule has 9 heteroatoms. The summed E-state index contributed by atoms with van der Waals surface area (Å²) in [4.78, 5) is 28.0. The fraction of sp³-hybridized carbons (Fsp3) is 0.136. The van der Waals surface area contributed by atoms with E-state index in [1.807, 2.05) is 0 Å². The van der Waals surface area contributed by atoms with Crippen LogP contribution in [0.2, 0.25) is 0 Å². The Morgan fingerprint density at radius 2 is 1.84 bits per heavy atom. The highest BCUT2D eigenvalue weighted by atomic mass is 32.1. The molecule has 2 aromatic carbocycles. The number of carbonyl (C=O) groups is 2. The lowest BCUT2D eigenvalue weighted by molar-refractivity contribution is -0.137. The molecule has 31 heavy (non-hydrogen) atoms. The van der Waals surface area contributed by atoms with Crippen molar-refractivity contribution < 1.29 is 22.8 Å². The maximum absolute atomic E-state index is 12.8. The smallest absolute Gasteiger partial charge is 0.326 e. The lowest BCUT2D eigenvalue weighted by Crippen LogP contribution is -2.07. The van der Waals surface area contributed by atoms with Crippen molar-refractivity contribution >= 4 is 40.0 Å². The van der Waals surface area contributed by atoms with Crippen LogP contribution in [0.1, 0.15) is 28.5 Å². The third kappa shape index (κ3) is 6.78. The maximum atomic E-state index is 12.8. The molecule has 3 rings (SSSR count). The van der Waals surface area contributed by atoms with Crippen LogP contribution in [-0.2, 0) is 22.2 Å². The van der Waals surface area contributed by atoms with Gasteiger partial charge < -0.3 is 5.32 Å². The van der Waals surface area contributed by atoms with E-state index in [4.69, 9.17) is 0 Å². The highest BCUT2D eigenvalue weighted by molar-refractivity contribution is 7.15.